The van der Waals surface area contributed by atoms with E-state index < -0.39 is 11.0 Å². The summed E-state index contributed by atoms with van der Waals surface area (Å²) < 4.78 is 4.71. The van der Waals surface area contributed by atoms with E-state index in [2.05, 4.69) is 5.32 Å². The van der Waals surface area contributed by atoms with Crippen LogP contribution in [0.25, 0.3) is 0 Å². The molecule has 1 amide bonds. The Bertz CT molecular complexity index is 406. The third-order valence-corrected chi connectivity index (χ3v) is 2.18. The quantitative estimate of drug-likeness (QED) is 0.635. The predicted molar refractivity (Wildman–Crippen MR) is 57.6 cm³/mol. The van der Waals surface area contributed by atoms with Gasteiger partial charge in [0.25, 0.3) is 5.69 Å². The van der Waals surface area contributed by atoms with E-state index >= 15 is 0 Å². The van der Waals surface area contributed by atoms with E-state index in [9.17, 15) is 14.9 Å². The van der Waals surface area contributed by atoms with Crippen molar-refractivity contribution in [3.63, 3.8) is 0 Å². The lowest BCUT2D eigenvalue weighted by Gasteiger charge is -2.06. The van der Waals surface area contributed by atoms with Gasteiger partial charge in [-0.05, 0) is 5.56 Å². The van der Waals surface area contributed by atoms with Gasteiger partial charge in [-0.1, -0.05) is 12.1 Å². The topological polar surface area (TPSA) is 81.5 Å². The standard InChI is InChI=1S/C9H8N2O4.ClH/c12-9-10-8(5-15-9)6-1-3-7(4-2-6)11(13)14;/h1-4,8H,5H2,(H,10,12);1H/t8-;/m0./s1. The Kier molecular flexibility index (Phi) is 3.68. The molecule has 1 atom stereocenters. The summed E-state index contributed by atoms with van der Waals surface area (Å²) in [5.41, 5.74) is 0.829. The van der Waals surface area contributed by atoms with E-state index in [0.717, 1.165) is 5.56 Å². The van der Waals surface area contributed by atoms with E-state index in [0.29, 0.717) is 0 Å². The lowest BCUT2D eigenvalue weighted by molar-refractivity contribution is -0.384. The van der Waals surface area contributed by atoms with Crippen LogP contribution in [0.3, 0.4) is 0 Å². The monoisotopic (exact) mass is 244 g/mol. The fourth-order valence-electron chi connectivity index (χ4n) is 1.39. The van der Waals surface area contributed by atoms with Gasteiger partial charge in [-0.2, -0.15) is 0 Å². The zero-order valence-electron chi connectivity index (χ0n) is 8.08. The number of cyclic esters (lactones) is 1. The Labute approximate surface area is 97.2 Å². The van der Waals surface area contributed by atoms with E-state index in [1.807, 2.05) is 0 Å². The van der Waals surface area contributed by atoms with Crippen molar-refractivity contribution < 1.29 is 14.5 Å². The van der Waals surface area contributed by atoms with Gasteiger partial charge < -0.3 is 10.1 Å². The van der Waals surface area contributed by atoms with E-state index in [4.69, 9.17) is 4.74 Å². The Balaban J connectivity index is 0.00000128. The van der Waals surface area contributed by atoms with Crippen molar-refractivity contribution in [2.24, 2.45) is 0 Å². The first-order valence-electron chi connectivity index (χ1n) is 4.34. The fraction of sp³-hybridized carbons (Fsp3) is 0.222. The zero-order valence-corrected chi connectivity index (χ0v) is 8.90. The summed E-state index contributed by atoms with van der Waals surface area (Å²) in [7, 11) is 0. The molecule has 0 radical (unpaired) electrons. The number of halogens is 1. The fourth-order valence-corrected chi connectivity index (χ4v) is 1.39. The number of nitro groups is 1. The largest absolute Gasteiger partial charge is 0.447 e. The first-order valence-corrected chi connectivity index (χ1v) is 4.34. The number of ether oxygens (including phenoxy) is 1. The summed E-state index contributed by atoms with van der Waals surface area (Å²) in [6.07, 6.45) is -0.460. The molecular weight excluding hydrogens is 236 g/mol. The third-order valence-electron chi connectivity index (χ3n) is 2.18. The van der Waals surface area contributed by atoms with Gasteiger partial charge in [-0.3, -0.25) is 10.1 Å². The molecular formula is C9H9ClN2O4. The van der Waals surface area contributed by atoms with E-state index in [1.165, 1.54) is 12.1 Å². The molecule has 7 heteroatoms. The second kappa shape index (κ2) is 4.80. The number of hydrogen-bond donors (Lipinski definition) is 1. The molecule has 0 aromatic heterocycles. The van der Waals surface area contributed by atoms with Crippen LogP contribution in [0.4, 0.5) is 10.5 Å². The number of nitro benzene ring substituents is 1. The van der Waals surface area contributed by atoms with Gasteiger partial charge in [0, 0.05) is 12.1 Å². The summed E-state index contributed by atoms with van der Waals surface area (Å²) >= 11 is 0. The zero-order chi connectivity index (χ0) is 10.8. The molecule has 1 aromatic rings. The highest BCUT2D eigenvalue weighted by atomic mass is 35.5. The molecule has 16 heavy (non-hydrogen) atoms. The molecule has 1 aliphatic heterocycles. The number of benzene rings is 1. The highest BCUT2D eigenvalue weighted by Gasteiger charge is 2.23. The maximum atomic E-state index is 10.8. The van der Waals surface area contributed by atoms with Crippen molar-refractivity contribution in [3.05, 3.63) is 39.9 Å². The molecule has 2 rings (SSSR count). The van der Waals surface area contributed by atoms with Crippen molar-refractivity contribution in [2.45, 2.75) is 6.04 Å². The molecule has 6 nitrogen and oxygen atoms in total. The number of carbonyl (C=O) groups excluding carboxylic acids is 1. The minimum absolute atomic E-state index is 0. The number of carbonyl (C=O) groups is 1. The Morgan fingerprint density at radius 2 is 2.00 bits per heavy atom. The summed E-state index contributed by atoms with van der Waals surface area (Å²) in [5.74, 6) is 0. The molecule has 0 spiro atoms. The third kappa shape index (κ3) is 2.40. The summed E-state index contributed by atoms with van der Waals surface area (Å²) in [6, 6.07) is 5.81. The first kappa shape index (κ1) is 12.3. The minimum atomic E-state index is -0.465. The van der Waals surface area contributed by atoms with Gasteiger partial charge in [0.15, 0.2) is 0 Å². The smallest absolute Gasteiger partial charge is 0.407 e. The van der Waals surface area contributed by atoms with Gasteiger partial charge in [-0.15, -0.1) is 12.4 Å². The number of alkyl carbamates (subject to hydrolysis) is 1. The van der Waals surface area contributed by atoms with Crippen molar-refractivity contribution >= 4 is 24.2 Å². The molecule has 1 aliphatic rings. The average Bonchev–Trinajstić information content (AvgIpc) is 2.65. The predicted octanol–water partition coefficient (Wildman–Crippen LogP) is 1.80. The van der Waals surface area contributed by atoms with Crippen molar-refractivity contribution in [1.29, 1.82) is 0 Å². The van der Waals surface area contributed by atoms with Gasteiger partial charge in [0.1, 0.15) is 6.61 Å². The lowest BCUT2D eigenvalue weighted by Crippen LogP contribution is -2.18. The molecule has 0 saturated carbocycles. The minimum Gasteiger partial charge on any atom is -0.447 e. The van der Waals surface area contributed by atoms with Crippen LogP contribution in [-0.2, 0) is 4.74 Å². The van der Waals surface area contributed by atoms with Crippen LogP contribution in [0.1, 0.15) is 11.6 Å². The maximum absolute atomic E-state index is 10.8. The SMILES string of the molecule is Cl.O=C1N[C@H](c2ccc([N+](=O)[O-])cc2)CO1. The van der Waals surface area contributed by atoms with Crippen molar-refractivity contribution in [3.8, 4) is 0 Å². The number of amides is 1. The Morgan fingerprint density at radius 3 is 2.44 bits per heavy atom. The number of rotatable bonds is 2. The van der Waals surface area contributed by atoms with Crippen LogP contribution in [0.2, 0.25) is 0 Å². The van der Waals surface area contributed by atoms with E-state index in [-0.39, 0.29) is 30.7 Å². The van der Waals surface area contributed by atoms with Crippen LogP contribution >= 0.6 is 12.4 Å². The Morgan fingerprint density at radius 1 is 1.38 bits per heavy atom. The van der Waals surface area contributed by atoms with Crippen molar-refractivity contribution in [1.82, 2.24) is 5.32 Å². The Hall–Kier alpha value is -1.82. The summed E-state index contributed by atoms with van der Waals surface area (Å²) in [5, 5.41) is 13.0. The van der Waals surface area contributed by atoms with Crippen LogP contribution in [0.15, 0.2) is 24.3 Å². The highest BCUT2D eigenvalue weighted by molar-refractivity contribution is 5.85. The molecule has 1 fully saturated rings. The van der Waals surface area contributed by atoms with Crippen LogP contribution in [-0.4, -0.2) is 17.6 Å². The molecule has 0 unspecified atom stereocenters. The van der Waals surface area contributed by atoms with Crippen LogP contribution < -0.4 is 5.32 Å². The number of nitrogens with zero attached hydrogens (tertiary/aromatic N) is 1. The number of non-ortho nitro benzene ring substituents is 1. The first-order chi connectivity index (χ1) is 7.16. The number of nitrogens with one attached hydrogen (secondary N) is 1. The molecule has 86 valence electrons. The molecule has 1 saturated heterocycles. The van der Waals surface area contributed by atoms with Gasteiger partial charge in [0.05, 0.1) is 11.0 Å². The van der Waals surface area contributed by atoms with E-state index in [1.54, 1.807) is 12.1 Å². The average molecular weight is 245 g/mol. The summed E-state index contributed by atoms with van der Waals surface area (Å²) in [4.78, 5) is 20.7. The van der Waals surface area contributed by atoms with Gasteiger partial charge in [-0.25, -0.2) is 4.79 Å². The molecule has 0 bridgehead atoms. The molecule has 0 aliphatic carbocycles. The second-order valence-electron chi connectivity index (χ2n) is 3.14. The second-order valence-corrected chi connectivity index (χ2v) is 3.14. The molecule has 1 aromatic carbocycles. The molecule has 1 heterocycles. The van der Waals surface area contributed by atoms with Gasteiger partial charge in [0.2, 0.25) is 0 Å². The van der Waals surface area contributed by atoms with Crippen molar-refractivity contribution in [2.75, 3.05) is 6.61 Å². The summed E-state index contributed by atoms with van der Waals surface area (Å²) in [6.45, 7) is 0.261. The molecule has 1 N–H and O–H groups in total. The van der Waals surface area contributed by atoms with Crippen LogP contribution in [0, 0.1) is 10.1 Å². The normalized spacial score (nSPS) is 18.2. The lowest BCUT2D eigenvalue weighted by atomic mass is 10.1. The number of hydrogen-bond acceptors (Lipinski definition) is 4. The van der Waals surface area contributed by atoms with Crippen LogP contribution in [0.5, 0.6) is 0 Å². The highest BCUT2D eigenvalue weighted by Crippen LogP contribution is 2.20. The maximum Gasteiger partial charge on any atom is 0.407 e. The van der Waals surface area contributed by atoms with Gasteiger partial charge >= 0.3 is 6.09 Å².